The van der Waals surface area contributed by atoms with Gasteiger partial charge in [0.1, 0.15) is 17.6 Å². The van der Waals surface area contributed by atoms with Gasteiger partial charge in [0.15, 0.2) is 0 Å². The van der Waals surface area contributed by atoms with Gasteiger partial charge in [0.25, 0.3) is 5.56 Å². The number of aromatic nitrogens is 2. The number of pyridine rings is 2. The zero-order chi connectivity index (χ0) is 21.8. The van der Waals surface area contributed by atoms with Gasteiger partial charge in [-0.2, -0.15) is 5.26 Å². The van der Waals surface area contributed by atoms with Crippen molar-refractivity contribution in [3.63, 3.8) is 0 Å². The van der Waals surface area contributed by atoms with Crippen LogP contribution in [0, 0.1) is 17.1 Å². The molecule has 7 nitrogen and oxygen atoms in total. The Morgan fingerprint density at radius 2 is 2.10 bits per heavy atom. The van der Waals surface area contributed by atoms with Crippen molar-refractivity contribution < 1.29 is 9.18 Å². The summed E-state index contributed by atoms with van der Waals surface area (Å²) >= 11 is 0. The Balaban J connectivity index is 1.30. The molecule has 0 bridgehead atoms. The number of hydrogen-bond donors (Lipinski definition) is 2. The number of carbonyl (C=O) groups excluding carboxylic acids is 1. The Kier molecular flexibility index (Phi) is 5.94. The highest BCUT2D eigenvalue weighted by Crippen LogP contribution is 2.18. The van der Waals surface area contributed by atoms with E-state index in [4.69, 9.17) is 5.26 Å². The van der Waals surface area contributed by atoms with E-state index in [0.717, 1.165) is 18.5 Å². The molecule has 0 atom stereocenters. The van der Waals surface area contributed by atoms with Crippen LogP contribution in [-0.4, -0.2) is 39.9 Å². The maximum atomic E-state index is 13.8. The van der Waals surface area contributed by atoms with E-state index in [9.17, 15) is 14.0 Å². The minimum Gasteiger partial charge on any atom is -0.381 e. The summed E-state index contributed by atoms with van der Waals surface area (Å²) in [5, 5.41) is 12.8. The summed E-state index contributed by atoms with van der Waals surface area (Å²) in [6.45, 7) is 1.30. The van der Waals surface area contributed by atoms with E-state index >= 15 is 0 Å². The second-order valence-electron chi connectivity index (χ2n) is 7.67. The van der Waals surface area contributed by atoms with Crippen LogP contribution >= 0.6 is 0 Å². The number of piperidine rings is 1. The van der Waals surface area contributed by atoms with Crippen molar-refractivity contribution in [2.45, 2.75) is 31.7 Å². The summed E-state index contributed by atoms with van der Waals surface area (Å²) in [5.74, 6) is -0.506. The summed E-state index contributed by atoms with van der Waals surface area (Å²) in [7, 11) is 0. The highest BCUT2D eigenvalue weighted by molar-refractivity contribution is 5.82. The first-order valence-electron chi connectivity index (χ1n) is 10.2. The molecule has 1 fully saturated rings. The molecule has 1 saturated heterocycles. The number of rotatable bonds is 5. The predicted octanol–water partition coefficient (Wildman–Crippen LogP) is 2.97. The van der Waals surface area contributed by atoms with Crippen molar-refractivity contribution in [3.05, 3.63) is 70.2 Å². The van der Waals surface area contributed by atoms with Gasteiger partial charge in [-0.1, -0.05) is 12.1 Å². The van der Waals surface area contributed by atoms with E-state index in [1.165, 1.54) is 6.07 Å². The van der Waals surface area contributed by atoms with Crippen molar-refractivity contribution >= 4 is 22.4 Å². The monoisotopic (exact) mass is 419 g/mol. The number of benzene rings is 1. The van der Waals surface area contributed by atoms with Crippen LogP contribution in [0.25, 0.3) is 10.8 Å². The van der Waals surface area contributed by atoms with Gasteiger partial charge in [-0.15, -0.1) is 0 Å². The number of nitrogens with zero attached hydrogens (tertiary/aromatic N) is 3. The highest BCUT2D eigenvalue weighted by atomic mass is 19.1. The first kappa shape index (κ1) is 20.5. The van der Waals surface area contributed by atoms with E-state index in [-0.39, 0.29) is 23.8 Å². The fourth-order valence-corrected chi connectivity index (χ4v) is 3.92. The third-order valence-corrected chi connectivity index (χ3v) is 5.58. The molecule has 3 heterocycles. The Hall–Kier alpha value is -3.73. The Bertz CT molecular complexity index is 1190. The Morgan fingerprint density at radius 3 is 2.81 bits per heavy atom. The Morgan fingerprint density at radius 1 is 1.29 bits per heavy atom. The molecule has 31 heavy (non-hydrogen) atoms. The van der Waals surface area contributed by atoms with Crippen molar-refractivity contribution in [2.75, 3.05) is 18.4 Å². The average Bonchev–Trinajstić information content (AvgIpc) is 2.78. The molecule has 1 aliphatic heterocycles. The minimum absolute atomic E-state index is 0.0404. The molecule has 0 aliphatic carbocycles. The fraction of sp³-hybridized carbons (Fsp3) is 0.304. The summed E-state index contributed by atoms with van der Waals surface area (Å²) < 4.78 is 13.8. The summed E-state index contributed by atoms with van der Waals surface area (Å²) in [5.41, 5.74) is 1.40. The molecule has 0 spiro atoms. The molecule has 0 radical (unpaired) electrons. The lowest BCUT2D eigenvalue weighted by Gasteiger charge is -2.33. The number of amides is 1. The number of likely N-dealkylation sites (tertiary alicyclic amines) is 1. The average molecular weight is 419 g/mol. The number of anilines is 1. The number of nitrogens with one attached hydrogen (secondary N) is 2. The quantitative estimate of drug-likeness (QED) is 0.662. The molecule has 0 saturated carbocycles. The van der Waals surface area contributed by atoms with Gasteiger partial charge >= 0.3 is 0 Å². The van der Waals surface area contributed by atoms with Gasteiger partial charge in [-0.05, 0) is 48.9 Å². The van der Waals surface area contributed by atoms with Crippen LogP contribution in [0.5, 0.6) is 0 Å². The van der Waals surface area contributed by atoms with E-state index in [1.54, 1.807) is 30.5 Å². The van der Waals surface area contributed by atoms with Crippen LogP contribution in [0.2, 0.25) is 0 Å². The molecule has 1 aliphatic rings. The maximum absolute atomic E-state index is 13.8. The number of nitriles is 1. The van der Waals surface area contributed by atoms with E-state index < -0.39 is 11.4 Å². The first-order valence-corrected chi connectivity index (χ1v) is 10.2. The smallest absolute Gasteiger partial charge is 0.258 e. The highest BCUT2D eigenvalue weighted by Gasteiger charge is 2.22. The largest absolute Gasteiger partial charge is 0.381 e. The van der Waals surface area contributed by atoms with Crippen LogP contribution in [0.3, 0.4) is 0 Å². The molecule has 1 aromatic carbocycles. The third-order valence-electron chi connectivity index (χ3n) is 5.58. The second-order valence-corrected chi connectivity index (χ2v) is 7.67. The van der Waals surface area contributed by atoms with Crippen molar-refractivity contribution in [1.82, 2.24) is 14.9 Å². The molecular formula is C23H22FN5O2. The van der Waals surface area contributed by atoms with Crippen LogP contribution in [-0.2, 0) is 11.2 Å². The van der Waals surface area contributed by atoms with Gasteiger partial charge < -0.3 is 15.2 Å². The van der Waals surface area contributed by atoms with Gasteiger partial charge in [0.2, 0.25) is 5.91 Å². The number of aryl methyl sites for hydroxylation is 1. The standard InChI is InChI=1S/C23H22FN5O2/c24-20-3-1-2-15-12-17(28-23(31)22(15)20)6-7-21(30)29-10-8-16(9-11-29)27-19-5-4-18(13-25)26-14-19/h1-5,12,14,16,27H,6-11H2,(H,28,31). The molecule has 1 amide bonds. The zero-order valence-electron chi connectivity index (χ0n) is 16.9. The van der Waals surface area contributed by atoms with Crippen molar-refractivity contribution in [2.24, 2.45) is 0 Å². The summed E-state index contributed by atoms with van der Waals surface area (Å²) in [6.07, 6.45) is 3.96. The SMILES string of the molecule is N#Cc1ccc(NC2CCN(C(=O)CCc3cc4cccc(F)c4c(=O)[nH]3)CC2)cn1. The molecular weight excluding hydrogens is 397 g/mol. The molecule has 2 aromatic heterocycles. The third kappa shape index (κ3) is 4.72. The molecule has 4 rings (SSSR count). The normalized spacial score (nSPS) is 14.4. The van der Waals surface area contributed by atoms with Crippen LogP contribution in [0.4, 0.5) is 10.1 Å². The Labute approximate surface area is 178 Å². The molecule has 2 N–H and O–H groups in total. The zero-order valence-corrected chi connectivity index (χ0v) is 16.9. The van der Waals surface area contributed by atoms with Gasteiger partial charge in [0.05, 0.1) is 17.3 Å². The maximum Gasteiger partial charge on any atom is 0.258 e. The molecule has 158 valence electrons. The lowest BCUT2D eigenvalue weighted by atomic mass is 10.0. The van der Waals surface area contributed by atoms with Crippen molar-refractivity contribution in [3.8, 4) is 6.07 Å². The van der Waals surface area contributed by atoms with E-state index in [2.05, 4.69) is 15.3 Å². The number of H-pyrrole nitrogens is 1. The van der Waals surface area contributed by atoms with E-state index in [1.807, 2.05) is 17.0 Å². The van der Waals surface area contributed by atoms with Crippen molar-refractivity contribution in [1.29, 1.82) is 5.26 Å². The molecule has 8 heteroatoms. The number of aromatic amines is 1. The summed E-state index contributed by atoms with van der Waals surface area (Å²) in [6, 6.07) is 12.0. The lowest BCUT2D eigenvalue weighted by Crippen LogP contribution is -2.42. The number of fused-ring (bicyclic) bond motifs is 1. The topological polar surface area (TPSA) is 102 Å². The van der Waals surface area contributed by atoms with E-state index in [0.29, 0.717) is 36.3 Å². The van der Waals surface area contributed by atoms with Crippen LogP contribution in [0.15, 0.2) is 47.4 Å². The number of carbonyl (C=O) groups is 1. The lowest BCUT2D eigenvalue weighted by molar-refractivity contribution is -0.132. The molecule has 3 aromatic rings. The first-order chi connectivity index (χ1) is 15.0. The minimum atomic E-state index is -0.547. The fourth-order valence-electron chi connectivity index (χ4n) is 3.92. The second kappa shape index (κ2) is 8.96. The van der Waals surface area contributed by atoms with Gasteiger partial charge in [-0.25, -0.2) is 9.37 Å². The number of hydrogen-bond acceptors (Lipinski definition) is 5. The van der Waals surface area contributed by atoms with Gasteiger partial charge in [0, 0.05) is 31.2 Å². The number of halogens is 1. The molecule has 0 unspecified atom stereocenters. The van der Waals surface area contributed by atoms with Crippen LogP contribution in [0.1, 0.15) is 30.7 Å². The predicted molar refractivity (Wildman–Crippen MR) is 115 cm³/mol. The summed E-state index contributed by atoms with van der Waals surface area (Å²) in [4.78, 5) is 33.4. The van der Waals surface area contributed by atoms with Crippen LogP contribution < -0.4 is 10.9 Å². The van der Waals surface area contributed by atoms with Gasteiger partial charge in [-0.3, -0.25) is 9.59 Å².